The molecule has 0 saturated heterocycles. The Balaban J connectivity index is 0.00000342. The molecule has 35 heavy (non-hydrogen) atoms. The monoisotopic (exact) mass is 477 g/mol. The maximum Gasteiger partial charge on any atom is 0.278 e. The van der Waals surface area contributed by atoms with E-state index in [0.717, 1.165) is 16.8 Å². The van der Waals surface area contributed by atoms with Gasteiger partial charge in [0.25, 0.3) is 5.89 Å². The second-order valence-corrected chi connectivity index (χ2v) is 8.94. The molecule has 0 saturated carbocycles. The van der Waals surface area contributed by atoms with Crippen molar-refractivity contribution in [1.82, 2.24) is 35.1 Å². The lowest BCUT2D eigenvalue weighted by Gasteiger charge is -2.23. The average molecular weight is 478 g/mol. The van der Waals surface area contributed by atoms with Gasteiger partial charge in [-0.3, -0.25) is 4.98 Å². The minimum Gasteiger partial charge on any atom is -0.394 e. The van der Waals surface area contributed by atoms with Crippen molar-refractivity contribution < 1.29 is 9.63 Å². The lowest BCUT2D eigenvalue weighted by atomic mass is 9.88. The van der Waals surface area contributed by atoms with Gasteiger partial charge in [-0.1, -0.05) is 32.5 Å². The predicted octanol–water partition coefficient (Wildman–Crippen LogP) is 3.57. The number of aliphatic hydroxyl groups is 1. The van der Waals surface area contributed by atoms with E-state index in [1.165, 1.54) is 0 Å². The van der Waals surface area contributed by atoms with Crippen LogP contribution in [0.2, 0.25) is 0 Å². The summed E-state index contributed by atoms with van der Waals surface area (Å²) in [6, 6.07) is 3.90. The van der Waals surface area contributed by atoms with Crippen LogP contribution in [0.4, 0.5) is 11.8 Å². The van der Waals surface area contributed by atoms with E-state index in [1.54, 1.807) is 31.0 Å². The molecule has 4 aromatic heterocycles. The lowest BCUT2D eigenvalue weighted by molar-refractivity contribution is 0.234. The summed E-state index contributed by atoms with van der Waals surface area (Å²) in [5.74, 6) is 1.65. The molecule has 0 bridgehead atoms. The fraction of sp³-hybridized carbons (Fsp3) is 0.375. The number of hydrogen-bond acceptors (Lipinski definition) is 11. The van der Waals surface area contributed by atoms with Crippen LogP contribution in [-0.4, -0.2) is 52.3 Å². The van der Waals surface area contributed by atoms with E-state index in [4.69, 9.17) is 10.3 Å². The molecule has 4 aromatic rings. The minimum absolute atomic E-state index is 0. The van der Waals surface area contributed by atoms with Crippen molar-refractivity contribution >= 4 is 11.8 Å². The zero-order valence-electron chi connectivity index (χ0n) is 19.5. The highest BCUT2D eigenvalue weighted by atomic mass is 16.5. The van der Waals surface area contributed by atoms with Gasteiger partial charge in [0.15, 0.2) is 5.82 Å². The van der Waals surface area contributed by atoms with Crippen LogP contribution in [0.1, 0.15) is 52.4 Å². The molecule has 0 fully saturated rings. The van der Waals surface area contributed by atoms with Gasteiger partial charge in [0, 0.05) is 24.2 Å². The number of rotatable bonds is 8. The second kappa shape index (κ2) is 10.5. The van der Waals surface area contributed by atoms with Crippen molar-refractivity contribution in [3.05, 3.63) is 54.5 Å². The maximum absolute atomic E-state index is 9.41. The summed E-state index contributed by atoms with van der Waals surface area (Å²) >= 11 is 0. The third kappa shape index (κ3) is 5.93. The molecule has 0 amide bonds. The summed E-state index contributed by atoms with van der Waals surface area (Å²) in [7, 11) is 0. The summed E-state index contributed by atoms with van der Waals surface area (Å²) in [5, 5.41) is 16.7. The first-order valence-corrected chi connectivity index (χ1v) is 10.8. The zero-order chi connectivity index (χ0) is 24.3. The van der Waals surface area contributed by atoms with Crippen molar-refractivity contribution in [2.75, 3.05) is 17.7 Å². The van der Waals surface area contributed by atoms with Gasteiger partial charge in [0.1, 0.15) is 11.5 Å². The van der Waals surface area contributed by atoms with Gasteiger partial charge < -0.3 is 20.7 Å². The number of anilines is 2. The van der Waals surface area contributed by atoms with Gasteiger partial charge >= 0.3 is 0 Å². The number of nitrogen functional groups attached to an aromatic ring is 1. The van der Waals surface area contributed by atoms with Crippen molar-refractivity contribution in [3.63, 3.8) is 0 Å². The number of nitrogens with one attached hydrogen (secondary N) is 1. The van der Waals surface area contributed by atoms with E-state index in [9.17, 15) is 5.11 Å². The molecule has 0 spiro atoms. The first-order valence-electron chi connectivity index (χ1n) is 10.8. The number of nitrogens with zero attached hydrogens (tertiary/aromatic N) is 7. The Morgan fingerprint density at radius 3 is 2.26 bits per heavy atom. The summed E-state index contributed by atoms with van der Waals surface area (Å²) in [4.78, 5) is 25.9. The van der Waals surface area contributed by atoms with E-state index in [0.29, 0.717) is 17.3 Å². The van der Waals surface area contributed by atoms with Crippen LogP contribution < -0.4 is 11.1 Å². The molecule has 4 heterocycles. The third-order valence-electron chi connectivity index (χ3n) is 5.23. The summed E-state index contributed by atoms with van der Waals surface area (Å²) < 4.78 is 5.50. The zero-order valence-corrected chi connectivity index (χ0v) is 19.5. The van der Waals surface area contributed by atoms with Crippen LogP contribution in [0, 0.1) is 5.92 Å². The van der Waals surface area contributed by atoms with Crippen LogP contribution in [-0.2, 0) is 0 Å². The topological polar surface area (TPSA) is 162 Å². The highest BCUT2D eigenvalue weighted by molar-refractivity contribution is 5.57. The molecule has 11 heteroatoms. The second-order valence-electron chi connectivity index (χ2n) is 8.94. The third-order valence-corrected chi connectivity index (χ3v) is 5.23. The Kier molecular flexibility index (Phi) is 7.70. The Labute approximate surface area is 204 Å². The van der Waals surface area contributed by atoms with E-state index < -0.39 is 5.54 Å². The van der Waals surface area contributed by atoms with Crippen LogP contribution in [0.25, 0.3) is 22.8 Å². The number of nitrogens with two attached hydrogens (primary N) is 1. The fourth-order valence-electron chi connectivity index (χ4n) is 3.42. The molecule has 11 nitrogen and oxygen atoms in total. The summed E-state index contributed by atoms with van der Waals surface area (Å²) in [6.07, 6.45) is 8.21. The Hall–Kier alpha value is -3.99. The first kappa shape index (κ1) is 25.6. The molecule has 1 atom stereocenters. The number of aliphatic hydroxyl groups excluding tert-OH is 1. The van der Waals surface area contributed by atoms with Gasteiger partial charge in [-0.05, 0) is 31.4 Å². The van der Waals surface area contributed by atoms with Crippen molar-refractivity contribution in [1.29, 1.82) is 0 Å². The Bertz CT molecular complexity index is 1220. The van der Waals surface area contributed by atoms with Crippen molar-refractivity contribution in [3.8, 4) is 22.8 Å². The molecular formula is C24H31N9O2. The average Bonchev–Trinajstić information content (AvgIpc) is 3.30. The van der Waals surface area contributed by atoms with Gasteiger partial charge in [0.05, 0.1) is 36.2 Å². The normalized spacial score (nSPS) is 12.3. The van der Waals surface area contributed by atoms with Crippen LogP contribution in [0.15, 0.2) is 47.6 Å². The minimum atomic E-state index is -0.511. The number of aromatic nitrogens is 7. The first-order chi connectivity index (χ1) is 16.3. The summed E-state index contributed by atoms with van der Waals surface area (Å²) in [5.41, 5.74) is 8.00. The highest BCUT2D eigenvalue weighted by Gasteiger charge is 2.25. The molecule has 184 valence electrons. The van der Waals surface area contributed by atoms with E-state index in [2.05, 4.69) is 54.2 Å². The maximum atomic E-state index is 9.41. The summed E-state index contributed by atoms with van der Waals surface area (Å²) in [6.45, 7) is 7.87. The number of pyridine rings is 1. The van der Waals surface area contributed by atoms with Crippen molar-refractivity contribution in [2.24, 2.45) is 5.92 Å². The smallest absolute Gasteiger partial charge is 0.278 e. The van der Waals surface area contributed by atoms with E-state index >= 15 is 0 Å². The molecular weight excluding hydrogens is 446 g/mol. The van der Waals surface area contributed by atoms with Crippen molar-refractivity contribution in [2.45, 2.75) is 46.6 Å². The molecule has 0 aliphatic rings. The Morgan fingerprint density at radius 2 is 1.69 bits per heavy atom. The molecule has 4 N–H and O–H groups in total. The van der Waals surface area contributed by atoms with Gasteiger partial charge in [-0.2, -0.15) is 4.98 Å². The predicted molar refractivity (Wildman–Crippen MR) is 133 cm³/mol. The Morgan fingerprint density at radius 1 is 0.971 bits per heavy atom. The van der Waals surface area contributed by atoms with Gasteiger partial charge in [0.2, 0.25) is 5.95 Å². The quantitative estimate of drug-likeness (QED) is 0.340. The standard InChI is InChI=1S/C23H27N9O2.CH4/c1-13(2)19(14-5-6-16(25-7-14)15-8-28-22(24)29-9-15)20-30-21(34-32-20)17-10-27-18(11-26-17)31-23(3,4)12-33;/h5-11,13,19,33H,12H2,1-4H3,(H,27,31)(H2,24,28,29);1H4. The molecule has 4 rings (SSSR count). The van der Waals surface area contributed by atoms with Crippen LogP contribution in [0.5, 0.6) is 0 Å². The van der Waals surface area contributed by atoms with Crippen LogP contribution >= 0.6 is 0 Å². The highest BCUT2D eigenvalue weighted by Crippen LogP contribution is 2.31. The lowest BCUT2D eigenvalue weighted by Crippen LogP contribution is -2.35. The molecule has 0 aromatic carbocycles. The molecule has 1 unspecified atom stereocenters. The van der Waals surface area contributed by atoms with E-state index in [1.807, 2.05) is 26.0 Å². The van der Waals surface area contributed by atoms with Gasteiger partial charge in [-0.25, -0.2) is 19.9 Å². The fourth-order valence-corrected chi connectivity index (χ4v) is 3.42. The van der Waals surface area contributed by atoms with E-state index in [-0.39, 0.29) is 37.7 Å². The molecule has 0 radical (unpaired) electrons. The van der Waals surface area contributed by atoms with Gasteiger partial charge in [-0.15, -0.1) is 0 Å². The largest absolute Gasteiger partial charge is 0.394 e. The van der Waals surface area contributed by atoms with Crippen LogP contribution in [0.3, 0.4) is 0 Å². The SMILES string of the molecule is C.CC(C)C(c1ccc(-c2cnc(N)nc2)nc1)c1noc(-c2cnc(NC(C)(C)CO)cn2)n1. The molecule has 0 aliphatic heterocycles. The molecule has 0 aliphatic carbocycles. The number of hydrogen-bond donors (Lipinski definition) is 3.